The summed E-state index contributed by atoms with van der Waals surface area (Å²) >= 11 is 0. The second kappa shape index (κ2) is 9.54. The maximum atomic E-state index is 13.0. The maximum absolute atomic E-state index is 13.0. The normalized spacial score (nSPS) is 15.4. The van der Waals surface area contributed by atoms with Gasteiger partial charge in [0.1, 0.15) is 11.6 Å². The minimum absolute atomic E-state index is 0.0466. The number of carbonyl (C=O) groups is 1. The summed E-state index contributed by atoms with van der Waals surface area (Å²) in [6.07, 6.45) is 6.06. The molecule has 1 fully saturated rings. The Bertz CT molecular complexity index is 903. The molecule has 0 radical (unpaired) electrons. The first-order valence-corrected chi connectivity index (χ1v) is 11.9. The molecule has 1 saturated carbocycles. The molecule has 0 saturated heterocycles. The summed E-state index contributed by atoms with van der Waals surface area (Å²) in [6, 6.07) is 6.64. The number of nitrogens with one attached hydrogen (secondary N) is 1. The maximum Gasteiger partial charge on any atom is 0.225 e. The van der Waals surface area contributed by atoms with Crippen LogP contribution in [0.1, 0.15) is 101 Å². The Morgan fingerprint density at radius 1 is 1.19 bits per heavy atom. The third kappa shape index (κ3) is 6.41. The third-order valence-electron chi connectivity index (χ3n) is 6.23. The lowest BCUT2D eigenvalue weighted by Gasteiger charge is -2.22. The summed E-state index contributed by atoms with van der Waals surface area (Å²) in [5.41, 5.74) is 3.52. The van der Waals surface area contributed by atoms with Gasteiger partial charge < -0.3 is 9.88 Å². The van der Waals surface area contributed by atoms with E-state index in [-0.39, 0.29) is 11.8 Å². The largest absolute Gasteiger partial charge is 0.326 e. The average molecular weight is 425 g/mol. The van der Waals surface area contributed by atoms with Gasteiger partial charge >= 0.3 is 0 Å². The van der Waals surface area contributed by atoms with Gasteiger partial charge in [-0.15, -0.1) is 10.2 Å². The molecule has 1 atom stereocenters. The second-order valence-corrected chi connectivity index (χ2v) is 10.9. The van der Waals surface area contributed by atoms with Crippen LogP contribution in [0.4, 0.5) is 5.69 Å². The van der Waals surface area contributed by atoms with Gasteiger partial charge in [-0.2, -0.15) is 0 Å². The Labute approximate surface area is 188 Å². The minimum Gasteiger partial charge on any atom is -0.326 e. The first kappa shape index (κ1) is 23.5. The lowest BCUT2D eigenvalue weighted by atomic mass is 9.89. The zero-order valence-electron chi connectivity index (χ0n) is 20.5. The van der Waals surface area contributed by atoms with Crippen LogP contribution in [0.3, 0.4) is 0 Å². The number of nitrogens with zero attached hydrogens (tertiary/aromatic N) is 3. The molecule has 1 aromatic carbocycles. The zero-order valence-corrected chi connectivity index (χ0v) is 20.5. The van der Waals surface area contributed by atoms with Crippen molar-refractivity contribution in [3.63, 3.8) is 0 Å². The van der Waals surface area contributed by atoms with Crippen LogP contribution in [0.25, 0.3) is 0 Å². The Morgan fingerprint density at radius 3 is 2.48 bits per heavy atom. The van der Waals surface area contributed by atoms with E-state index in [9.17, 15) is 4.79 Å². The molecule has 1 amide bonds. The molecule has 1 N–H and O–H groups in total. The Balaban J connectivity index is 1.75. The van der Waals surface area contributed by atoms with E-state index in [1.54, 1.807) is 0 Å². The van der Waals surface area contributed by atoms with E-state index in [4.69, 9.17) is 0 Å². The number of anilines is 1. The topological polar surface area (TPSA) is 59.8 Å². The molecule has 1 aromatic heterocycles. The molecule has 2 aromatic rings. The quantitative estimate of drug-likeness (QED) is 0.509. The summed E-state index contributed by atoms with van der Waals surface area (Å²) in [6.45, 7) is 15.3. The summed E-state index contributed by atoms with van der Waals surface area (Å²) in [7, 11) is 0. The van der Waals surface area contributed by atoms with Gasteiger partial charge in [-0.1, -0.05) is 52.3 Å². The van der Waals surface area contributed by atoms with Gasteiger partial charge in [0, 0.05) is 30.5 Å². The molecule has 0 aliphatic heterocycles. The smallest absolute Gasteiger partial charge is 0.225 e. The number of aryl methyl sites for hydroxylation is 3. The monoisotopic (exact) mass is 424 g/mol. The number of amides is 1. The van der Waals surface area contributed by atoms with Crippen molar-refractivity contribution in [1.29, 1.82) is 0 Å². The molecule has 0 spiro atoms. The number of benzene rings is 1. The second-order valence-electron chi connectivity index (χ2n) is 10.9. The number of hydrogen-bond acceptors (Lipinski definition) is 3. The van der Waals surface area contributed by atoms with Crippen LogP contribution in [0.15, 0.2) is 18.2 Å². The molecule has 5 nitrogen and oxygen atoms in total. The first-order valence-electron chi connectivity index (χ1n) is 11.9. The summed E-state index contributed by atoms with van der Waals surface area (Å²) in [5.74, 6) is 2.52. The highest BCUT2D eigenvalue weighted by atomic mass is 16.1. The van der Waals surface area contributed by atoms with E-state index in [1.807, 2.05) is 19.1 Å². The van der Waals surface area contributed by atoms with Gasteiger partial charge in [-0.25, -0.2) is 0 Å². The minimum atomic E-state index is 0.0466. The number of rotatable bonds is 9. The van der Waals surface area contributed by atoms with Crippen LogP contribution >= 0.6 is 0 Å². The standard InChI is InChI=1S/C26H40N4O/c1-17(2)21(16-24(31)27-22-13-10-18(3)15-19(22)4)25-29-28-23(30(25)20-11-12-20)9-8-14-26(5,6)7/h10,13,15,17,20-21H,8-9,11-12,14,16H2,1-7H3,(H,27,31). The lowest BCUT2D eigenvalue weighted by Crippen LogP contribution is -2.22. The van der Waals surface area contributed by atoms with Crippen molar-refractivity contribution in [2.24, 2.45) is 11.3 Å². The van der Waals surface area contributed by atoms with Crippen molar-refractivity contribution in [3.05, 3.63) is 41.0 Å². The molecule has 0 bridgehead atoms. The summed E-state index contributed by atoms with van der Waals surface area (Å²) < 4.78 is 2.37. The van der Waals surface area contributed by atoms with Crippen molar-refractivity contribution in [1.82, 2.24) is 14.8 Å². The molecule has 1 heterocycles. The Hall–Kier alpha value is -2.17. The Morgan fingerprint density at radius 2 is 1.90 bits per heavy atom. The van der Waals surface area contributed by atoms with E-state index in [0.717, 1.165) is 35.7 Å². The van der Waals surface area contributed by atoms with E-state index in [1.165, 1.54) is 24.8 Å². The molecule has 3 rings (SSSR count). The van der Waals surface area contributed by atoms with E-state index in [0.29, 0.717) is 23.8 Å². The molecule has 5 heteroatoms. The van der Waals surface area contributed by atoms with Crippen LogP contribution in [0.5, 0.6) is 0 Å². The van der Waals surface area contributed by atoms with Crippen LogP contribution in [0, 0.1) is 25.2 Å². The molecule has 31 heavy (non-hydrogen) atoms. The molecule has 1 aliphatic rings. The van der Waals surface area contributed by atoms with Crippen molar-refractivity contribution < 1.29 is 4.79 Å². The van der Waals surface area contributed by atoms with Crippen molar-refractivity contribution in [3.8, 4) is 0 Å². The number of hydrogen-bond donors (Lipinski definition) is 1. The highest BCUT2D eigenvalue weighted by Crippen LogP contribution is 2.40. The number of aromatic nitrogens is 3. The van der Waals surface area contributed by atoms with Crippen LogP contribution in [-0.4, -0.2) is 20.7 Å². The van der Waals surface area contributed by atoms with E-state index >= 15 is 0 Å². The van der Waals surface area contributed by atoms with Gasteiger partial charge in [0.15, 0.2) is 0 Å². The molecular formula is C26H40N4O. The third-order valence-corrected chi connectivity index (χ3v) is 6.23. The summed E-state index contributed by atoms with van der Waals surface area (Å²) in [4.78, 5) is 13.0. The van der Waals surface area contributed by atoms with Gasteiger partial charge in [-0.05, 0) is 62.5 Å². The fourth-order valence-electron chi connectivity index (χ4n) is 4.25. The van der Waals surface area contributed by atoms with Crippen LogP contribution < -0.4 is 5.32 Å². The Kier molecular flexibility index (Phi) is 7.23. The van der Waals surface area contributed by atoms with E-state index in [2.05, 4.69) is 67.7 Å². The van der Waals surface area contributed by atoms with Crippen molar-refractivity contribution in [2.75, 3.05) is 5.32 Å². The fraction of sp³-hybridized carbons (Fsp3) is 0.654. The molecule has 1 aliphatic carbocycles. The summed E-state index contributed by atoms with van der Waals surface area (Å²) in [5, 5.41) is 12.4. The predicted octanol–water partition coefficient (Wildman–Crippen LogP) is 6.37. The van der Waals surface area contributed by atoms with Crippen molar-refractivity contribution >= 4 is 11.6 Å². The van der Waals surface area contributed by atoms with Crippen molar-refractivity contribution in [2.45, 2.75) is 99.0 Å². The van der Waals surface area contributed by atoms with Crippen LogP contribution in [-0.2, 0) is 11.2 Å². The lowest BCUT2D eigenvalue weighted by molar-refractivity contribution is -0.116. The molecular weight excluding hydrogens is 384 g/mol. The zero-order chi connectivity index (χ0) is 22.8. The average Bonchev–Trinajstić information content (AvgIpc) is 3.41. The fourth-order valence-corrected chi connectivity index (χ4v) is 4.25. The first-order chi connectivity index (χ1) is 14.5. The highest BCUT2D eigenvalue weighted by molar-refractivity contribution is 5.92. The molecule has 1 unspecified atom stereocenters. The SMILES string of the molecule is Cc1ccc(NC(=O)CC(c2nnc(CCCC(C)(C)C)n2C2CC2)C(C)C)c(C)c1. The van der Waals surface area contributed by atoms with E-state index < -0.39 is 0 Å². The van der Waals surface area contributed by atoms with Gasteiger partial charge in [0.25, 0.3) is 0 Å². The van der Waals surface area contributed by atoms with Gasteiger partial charge in [0.2, 0.25) is 5.91 Å². The van der Waals surface area contributed by atoms with Crippen LogP contribution in [0.2, 0.25) is 0 Å². The van der Waals surface area contributed by atoms with Gasteiger partial charge in [0.05, 0.1) is 0 Å². The molecule has 170 valence electrons. The predicted molar refractivity (Wildman–Crippen MR) is 127 cm³/mol. The highest BCUT2D eigenvalue weighted by Gasteiger charge is 2.34. The van der Waals surface area contributed by atoms with Gasteiger partial charge in [-0.3, -0.25) is 4.79 Å². The number of carbonyl (C=O) groups excluding carboxylic acids is 1.